The number of rotatable bonds is 6. The van der Waals surface area contributed by atoms with E-state index in [-0.39, 0.29) is 11.9 Å². The van der Waals surface area contributed by atoms with E-state index in [1.165, 1.54) is 0 Å². The smallest absolute Gasteiger partial charge is 0.238 e. The number of hydrogen-bond donors (Lipinski definition) is 1. The van der Waals surface area contributed by atoms with Crippen LogP contribution in [0.3, 0.4) is 0 Å². The summed E-state index contributed by atoms with van der Waals surface area (Å²) in [5.41, 5.74) is 1.12. The van der Waals surface area contributed by atoms with E-state index in [9.17, 15) is 4.79 Å². The van der Waals surface area contributed by atoms with Gasteiger partial charge in [-0.25, -0.2) is 4.98 Å². The lowest BCUT2D eigenvalue weighted by Gasteiger charge is -2.18. The van der Waals surface area contributed by atoms with Gasteiger partial charge in [0.1, 0.15) is 0 Å². The second-order valence-corrected chi connectivity index (χ2v) is 4.41. The molecule has 17 heavy (non-hydrogen) atoms. The van der Waals surface area contributed by atoms with Crippen molar-refractivity contribution in [1.82, 2.24) is 19.8 Å². The second kappa shape index (κ2) is 6.39. The lowest BCUT2D eigenvalue weighted by atomic mass is 10.3. The molecule has 0 aliphatic carbocycles. The molecule has 1 unspecified atom stereocenters. The number of amides is 1. The SMILES string of the molecule is CCCn1cncc1CNC(C)C(=O)N(C)C. The van der Waals surface area contributed by atoms with Crippen molar-refractivity contribution in [2.24, 2.45) is 0 Å². The summed E-state index contributed by atoms with van der Waals surface area (Å²) in [4.78, 5) is 17.4. The molecular formula is C12H22N4O. The molecule has 1 rings (SSSR count). The summed E-state index contributed by atoms with van der Waals surface area (Å²) in [7, 11) is 3.53. The highest BCUT2D eigenvalue weighted by molar-refractivity contribution is 5.80. The highest BCUT2D eigenvalue weighted by Crippen LogP contribution is 2.01. The minimum atomic E-state index is -0.171. The predicted octanol–water partition coefficient (Wildman–Crippen LogP) is 0.859. The third kappa shape index (κ3) is 3.85. The van der Waals surface area contributed by atoms with E-state index in [1.54, 1.807) is 19.0 Å². The molecule has 1 aromatic rings. The fraction of sp³-hybridized carbons (Fsp3) is 0.667. The van der Waals surface area contributed by atoms with E-state index in [1.807, 2.05) is 19.4 Å². The fourth-order valence-electron chi connectivity index (χ4n) is 1.67. The first-order valence-electron chi connectivity index (χ1n) is 5.99. The highest BCUT2D eigenvalue weighted by Gasteiger charge is 2.14. The van der Waals surface area contributed by atoms with E-state index in [4.69, 9.17) is 0 Å². The number of carbonyl (C=O) groups is 1. The van der Waals surface area contributed by atoms with E-state index < -0.39 is 0 Å². The van der Waals surface area contributed by atoms with Gasteiger partial charge in [-0.2, -0.15) is 0 Å². The molecule has 5 heteroatoms. The fourth-order valence-corrected chi connectivity index (χ4v) is 1.67. The standard InChI is InChI=1S/C12H22N4O/c1-5-6-16-9-13-7-11(16)8-14-10(2)12(17)15(3)4/h7,9-10,14H,5-6,8H2,1-4H3. The largest absolute Gasteiger partial charge is 0.347 e. The van der Waals surface area contributed by atoms with Crippen molar-refractivity contribution >= 4 is 5.91 Å². The average Bonchev–Trinajstić information content (AvgIpc) is 2.73. The van der Waals surface area contributed by atoms with Gasteiger partial charge >= 0.3 is 0 Å². The maximum absolute atomic E-state index is 11.7. The first kappa shape index (κ1) is 13.7. The van der Waals surface area contributed by atoms with E-state index in [2.05, 4.69) is 21.8 Å². The Morgan fingerprint density at radius 3 is 2.88 bits per heavy atom. The molecule has 0 fully saturated rings. The lowest BCUT2D eigenvalue weighted by Crippen LogP contribution is -2.41. The minimum absolute atomic E-state index is 0.0894. The van der Waals surface area contributed by atoms with Crippen molar-refractivity contribution in [3.8, 4) is 0 Å². The van der Waals surface area contributed by atoms with Gasteiger partial charge in [0.2, 0.25) is 5.91 Å². The first-order valence-corrected chi connectivity index (χ1v) is 5.99. The number of nitrogens with zero attached hydrogens (tertiary/aromatic N) is 3. The second-order valence-electron chi connectivity index (χ2n) is 4.41. The van der Waals surface area contributed by atoms with Crippen LogP contribution >= 0.6 is 0 Å². The van der Waals surface area contributed by atoms with Crippen LogP contribution in [0.2, 0.25) is 0 Å². The Bertz CT molecular complexity index is 359. The molecule has 0 aromatic carbocycles. The van der Waals surface area contributed by atoms with Crippen LogP contribution < -0.4 is 5.32 Å². The van der Waals surface area contributed by atoms with Crippen LogP contribution in [-0.2, 0) is 17.9 Å². The number of carbonyl (C=O) groups excluding carboxylic acids is 1. The van der Waals surface area contributed by atoms with Crippen LogP contribution in [0.4, 0.5) is 0 Å². The van der Waals surface area contributed by atoms with Crippen LogP contribution in [-0.4, -0.2) is 40.5 Å². The van der Waals surface area contributed by atoms with Gasteiger partial charge in [-0.3, -0.25) is 4.79 Å². The van der Waals surface area contributed by atoms with Crippen LogP contribution in [0.1, 0.15) is 26.0 Å². The van der Waals surface area contributed by atoms with E-state index >= 15 is 0 Å². The van der Waals surface area contributed by atoms with Gasteiger partial charge in [0, 0.05) is 33.4 Å². The minimum Gasteiger partial charge on any atom is -0.347 e. The molecule has 0 saturated heterocycles. The molecular weight excluding hydrogens is 216 g/mol. The van der Waals surface area contributed by atoms with Gasteiger partial charge < -0.3 is 14.8 Å². The van der Waals surface area contributed by atoms with Crippen molar-refractivity contribution in [3.05, 3.63) is 18.2 Å². The Balaban J connectivity index is 2.49. The summed E-state index contributed by atoms with van der Waals surface area (Å²) in [6, 6.07) is -0.171. The maximum atomic E-state index is 11.7. The normalized spacial score (nSPS) is 12.5. The van der Waals surface area contributed by atoms with Gasteiger partial charge in [-0.05, 0) is 13.3 Å². The number of hydrogen-bond acceptors (Lipinski definition) is 3. The van der Waals surface area contributed by atoms with E-state index in [0.717, 1.165) is 18.7 Å². The van der Waals surface area contributed by atoms with Gasteiger partial charge in [-0.1, -0.05) is 6.92 Å². The number of nitrogens with one attached hydrogen (secondary N) is 1. The average molecular weight is 238 g/mol. The van der Waals surface area contributed by atoms with Crippen molar-refractivity contribution in [1.29, 1.82) is 0 Å². The molecule has 0 aliphatic heterocycles. The summed E-state index contributed by atoms with van der Waals surface area (Å²) in [6.45, 7) is 5.64. The number of aromatic nitrogens is 2. The Hall–Kier alpha value is -1.36. The number of aryl methyl sites for hydroxylation is 1. The molecule has 0 spiro atoms. The lowest BCUT2D eigenvalue weighted by molar-refractivity contribution is -0.130. The molecule has 0 bridgehead atoms. The predicted molar refractivity (Wildman–Crippen MR) is 67.5 cm³/mol. The molecule has 0 saturated carbocycles. The Morgan fingerprint density at radius 1 is 1.59 bits per heavy atom. The molecule has 5 nitrogen and oxygen atoms in total. The molecule has 0 aliphatic rings. The zero-order valence-electron chi connectivity index (χ0n) is 11.1. The Kier molecular flexibility index (Phi) is 5.15. The van der Waals surface area contributed by atoms with Crippen LogP contribution in [0.5, 0.6) is 0 Å². The molecule has 96 valence electrons. The maximum Gasteiger partial charge on any atom is 0.238 e. The zero-order chi connectivity index (χ0) is 12.8. The third-order valence-electron chi connectivity index (χ3n) is 2.66. The van der Waals surface area contributed by atoms with Crippen molar-refractivity contribution in [3.63, 3.8) is 0 Å². The van der Waals surface area contributed by atoms with Crippen LogP contribution in [0, 0.1) is 0 Å². The van der Waals surface area contributed by atoms with E-state index in [0.29, 0.717) is 6.54 Å². The Labute approximate surface area is 103 Å². The summed E-state index contributed by atoms with van der Waals surface area (Å²) in [5.74, 6) is 0.0894. The van der Waals surface area contributed by atoms with Crippen LogP contribution in [0.15, 0.2) is 12.5 Å². The first-order chi connectivity index (χ1) is 8.06. The molecule has 1 N–H and O–H groups in total. The molecule has 1 aromatic heterocycles. The van der Waals surface area contributed by atoms with Crippen molar-refractivity contribution in [2.45, 2.75) is 39.4 Å². The summed E-state index contributed by atoms with van der Waals surface area (Å²) >= 11 is 0. The van der Waals surface area contributed by atoms with Gasteiger partial charge in [0.15, 0.2) is 0 Å². The third-order valence-corrected chi connectivity index (χ3v) is 2.66. The summed E-state index contributed by atoms with van der Waals surface area (Å²) in [5, 5.41) is 3.21. The molecule has 1 heterocycles. The highest BCUT2D eigenvalue weighted by atomic mass is 16.2. The molecule has 0 radical (unpaired) electrons. The van der Waals surface area contributed by atoms with Gasteiger partial charge in [0.05, 0.1) is 18.1 Å². The molecule has 1 atom stereocenters. The summed E-state index contributed by atoms with van der Waals surface area (Å²) < 4.78 is 2.11. The van der Waals surface area contributed by atoms with Crippen molar-refractivity contribution < 1.29 is 4.79 Å². The number of likely N-dealkylation sites (N-methyl/N-ethyl adjacent to an activating group) is 1. The summed E-state index contributed by atoms with van der Waals surface area (Å²) in [6.07, 6.45) is 4.75. The van der Waals surface area contributed by atoms with Crippen molar-refractivity contribution in [2.75, 3.05) is 14.1 Å². The van der Waals surface area contributed by atoms with Crippen LogP contribution in [0.25, 0.3) is 0 Å². The monoisotopic (exact) mass is 238 g/mol. The number of imidazole rings is 1. The Morgan fingerprint density at radius 2 is 2.29 bits per heavy atom. The molecule has 1 amide bonds. The zero-order valence-corrected chi connectivity index (χ0v) is 11.1. The topological polar surface area (TPSA) is 50.2 Å². The quantitative estimate of drug-likeness (QED) is 0.799. The van der Waals surface area contributed by atoms with Gasteiger partial charge in [-0.15, -0.1) is 0 Å². The van der Waals surface area contributed by atoms with Gasteiger partial charge in [0.25, 0.3) is 0 Å².